The van der Waals surface area contributed by atoms with Gasteiger partial charge in [0.05, 0.1) is 5.69 Å². The van der Waals surface area contributed by atoms with Crippen molar-refractivity contribution in [1.29, 1.82) is 0 Å². The van der Waals surface area contributed by atoms with Gasteiger partial charge >= 0.3 is 0 Å². The third-order valence-corrected chi connectivity index (χ3v) is 5.09. The molecule has 0 atom stereocenters. The average molecular weight is 329 g/mol. The lowest BCUT2D eigenvalue weighted by molar-refractivity contribution is 0.647. The summed E-state index contributed by atoms with van der Waals surface area (Å²) in [4.78, 5) is 2.49. The molecule has 1 aliphatic rings. The van der Waals surface area contributed by atoms with Crippen LogP contribution in [0, 0.1) is 0 Å². The predicted molar refractivity (Wildman–Crippen MR) is 85.7 cm³/mol. The molecule has 1 aromatic rings. The summed E-state index contributed by atoms with van der Waals surface area (Å²) in [6.07, 6.45) is 0. The number of benzene rings is 1. The van der Waals surface area contributed by atoms with E-state index in [2.05, 4.69) is 70.0 Å². The van der Waals surface area contributed by atoms with E-state index >= 15 is 0 Å². The van der Waals surface area contributed by atoms with Crippen LogP contribution in [0.15, 0.2) is 22.7 Å². The van der Waals surface area contributed by atoms with Crippen molar-refractivity contribution in [3.8, 4) is 0 Å². The summed E-state index contributed by atoms with van der Waals surface area (Å²) in [6.45, 7) is 7.82. The van der Waals surface area contributed by atoms with Crippen LogP contribution in [-0.2, 0) is 6.54 Å². The van der Waals surface area contributed by atoms with Crippen LogP contribution < -0.4 is 10.2 Å². The van der Waals surface area contributed by atoms with Crippen molar-refractivity contribution in [1.82, 2.24) is 5.32 Å². The lowest BCUT2D eigenvalue weighted by atomic mass is 10.1. The Morgan fingerprint density at radius 3 is 2.83 bits per heavy atom. The Hall–Kier alpha value is -0.190. The van der Waals surface area contributed by atoms with Crippen molar-refractivity contribution in [3.05, 3.63) is 28.2 Å². The van der Waals surface area contributed by atoms with Gasteiger partial charge in [0.25, 0.3) is 0 Å². The molecule has 0 unspecified atom stereocenters. The van der Waals surface area contributed by atoms with Crippen LogP contribution in [0.1, 0.15) is 19.4 Å². The second-order valence-corrected chi connectivity index (χ2v) is 8.00. The van der Waals surface area contributed by atoms with Crippen LogP contribution in [0.2, 0.25) is 0 Å². The fourth-order valence-corrected chi connectivity index (χ4v) is 4.13. The number of nitrogens with zero attached hydrogens (tertiary/aromatic N) is 1. The van der Waals surface area contributed by atoms with Gasteiger partial charge in [-0.3, -0.25) is 0 Å². The van der Waals surface area contributed by atoms with Gasteiger partial charge in [-0.2, -0.15) is 11.8 Å². The minimum Gasteiger partial charge on any atom is -0.368 e. The van der Waals surface area contributed by atoms with E-state index in [1.165, 1.54) is 21.5 Å². The summed E-state index contributed by atoms with van der Waals surface area (Å²) in [5.41, 5.74) is 2.64. The lowest BCUT2D eigenvalue weighted by Crippen LogP contribution is -2.43. The molecule has 0 aliphatic carbocycles. The number of halogens is 1. The predicted octanol–water partition coefficient (Wildman–Crippen LogP) is 3.50. The number of nitrogens with one attached hydrogen (secondary N) is 1. The van der Waals surface area contributed by atoms with Gasteiger partial charge in [-0.05, 0) is 54.5 Å². The summed E-state index contributed by atoms with van der Waals surface area (Å²) < 4.78 is 1.55. The molecule has 0 amide bonds. The van der Waals surface area contributed by atoms with Gasteiger partial charge in [0.1, 0.15) is 0 Å². The van der Waals surface area contributed by atoms with E-state index in [1.807, 2.05) is 7.05 Å². The molecular weight excluding hydrogens is 308 g/mol. The van der Waals surface area contributed by atoms with Crippen molar-refractivity contribution >= 4 is 33.4 Å². The highest BCUT2D eigenvalue weighted by Crippen LogP contribution is 2.35. The Morgan fingerprint density at radius 1 is 1.44 bits per heavy atom. The van der Waals surface area contributed by atoms with E-state index in [0.29, 0.717) is 4.75 Å². The first-order valence-corrected chi connectivity index (χ1v) is 8.12. The Bertz CT molecular complexity index is 420. The van der Waals surface area contributed by atoms with Gasteiger partial charge in [0, 0.05) is 34.6 Å². The molecule has 2 nitrogen and oxygen atoms in total. The average Bonchev–Trinajstić information content (AvgIpc) is 2.28. The topological polar surface area (TPSA) is 15.3 Å². The first-order chi connectivity index (χ1) is 8.52. The van der Waals surface area contributed by atoms with Gasteiger partial charge in [-0.15, -0.1) is 0 Å². The molecular formula is C14H21BrN2S. The largest absolute Gasteiger partial charge is 0.368 e. The summed E-state index contributed by atoms with van der Waals surface area (Å²) in [5.74, 6) is 1.21. The molecule has 1 aliphatic heterocycles. The first kappa shape index (κ1) is 14.2. The van der Waals surface area contributed by atoms with E-state index < -0.39 is 0 Å². The number of anilines is 1. The van der Waals surface area contributed by atoms with Crippen LogP contribution in [0.4, 0.5) is 5.69 Å². The van der Waals surface area contributed by atoms with E-state index in [4.69, 9.17) is 0 Å². The molecule has 1 fully saturated rings. The molecule has 2 rings (SSSR count). The Morgan fingerprint density at radius 2 is 2.22 bits per heavy atom. The third-order valence-electron chi connectivity index (χ3n) is 3.16. The van der Waals surface area contributed by atoms with Gasteiger partial charge in [-0.1, -0.05) is 6.07 Å². The van der Waals surface area contributed by atoms with Crippen LogP contribution >= 0.6 is 27.7 Å². The van der Waals surface area contributed by atoms with E-state index in [9.17, 15) is 0 Å². The number of hydrogen-bond donors (Lipinski definition) is 1. The Kier molecular flexibility index (Phi) is 4.62. The van der Waals surface area contributed by atoms with Gasteiger partial charge in [0.15, 0.2) is 0 Å². The molecule has 1 aromatic carbocycles. The molecule has 1 N–H and O–H groups in total. The third kappa shape index (κ3) is 3.43. The fourth-order valence-electron chi connectivity index (χ4n) is 2.34. The zero-order valence-corrected chi connectivity index (χ0v) is 13.7. The zero-order chi connectivity index (χ0) is 13.2. The molecule has 4 heteroatoms. The fraction of sp³-hybridized carbons (Fsp3) is 0.571. The second-order valence-electron chi connectivity index (χ2n) is 5.35. The maximum atomic E-state index is 3.71. The van der Waals surface area contributed by atoms with Crippen LogP contribution in [-0.4, -0.2) is 30.6 Å². The van der Waals surface area contributed by atoms with Crippen molar-refractivity contribution < 1.29 is 0 Å². The van der Waals surface area contributed by atoms with Crippen molar-refractivity contribution in [2.45, 2.75) is 25.1 Å². The van der Waals surface area contributed by atoms with Gasteiger partial charge in [-0.25, -0.2) is 0 Å². The maximum absolute atomic E-state index is 3.71. The molecule has 0 radical (unpaired) electrons. The molecule has 100 valence electrons. The maximum Gasteiger partial charge on any atom is 0.0511 e. The van der Waals surface area contributed by atoms with Crippen LogP contribution in [0.25, 0.3) is 0 Å². The minimum atomic E-state index is 0.349. The Balaban J connectivity index is 2.18. The molecule has 0 aromatic heterocycles. The van der Waals surface area contributed by atoms with Gasteiger partial charge in [0.2, 0.25) is 0 Å². The monoisotopic (exact) mass is 328 g/mol. The summed E-state index contributed by atoms with van der Waals surface area (Å²) >= 11 is 5.78. The van der Waals surface area contributed by atoms with E-state index in [1.54, 1.807) is 0 Å². The van der Waals surface area contributed by atoms with E-state index in [0.717, 1.165) is 19.6 Å². The molecule has 1 saturated heterocycles. The van der Waals surface area contributed by atoms with Crippen molar-refractivity contribution in [2.24, 2.45) is 0 Å². The minimum absolute atomic E-state index is 0.349. The van der Waals surface area contributed by atoms with E-state index in [-0.39, 0.29) is 0 Å². The number of rotatable bonds is 3. The van der Waals surface area contributed by atoms with Crippen LogP contribution in [0.5, 0.6) is 0 Å². The summed E-state index contributed by atoms with van der Waals surface area (Å²) in [5, 5.41) is 3.19. The molecule has 0 spiro atoms. The molecule has 0 bridgehead atoms. The second kappa shape index (κ2) is 5.85. The number of hydrogen-bond acceptors (Lipinski definition) is 3. The molecule has 0 saturated carbocycles. The highest BCUT2D eigenvalue weighted by atomic mass is 79.9. The Labute approximate surface area is 123 Å². The normalized spacial score (nSPS) is 19.0. The molecule has 1 heterocycles. The molecule has 18 heavy (non-hydrogen) atoms. The van der Waals surface area contributed by atoms with Crippen molar-refractivity contribution in [3.63, 3.8) is 0 Å². The highest BCUT2D eigenvalue weighted by molar-refractivity contribution is 9.10. The first-order valence-electron chi connectivity index (χ1n) is 6.34. The standard InChI is InChI=1S/C14H21BrN2S/c1-14(2)10-17(6-7-18-14)13-5-4-11(9-16-3)8-12(13)15/h4-5,8,16H,6-7,9-10H2,1-3H3. The quantitative estimate of drug-likeness (QED) is 0.914. The smallest absolute Gasteiger partial charge is 0.0511 e. The zero-order valence-electron chi connectivity index (χ0n) is 11.3. The highest BCUT2D eigenvalue weighted by Gasteiger charge is 2.27. The summed E-state index contributed by atoms with van der Waals surface area (Å²) in [6, 6.07) is 6.68. The summed E-state index contributed by atoms with van der Waals surface area (Å²) in [7, 11) is 1.98. The van der Waals surface area contributed by atoms with Crippen LogP contribution in [0.3, 0.4) is 0 Å². The lowest BCUT2D eigenvalue weighted by Gasteiger charge is -2.39. The van der Waals surface area contributed by atoms with Crippen molar-refractivity contribution in [2.75, 3.05) is 30.8 Å². The van der Waals surface area contributed by atoms with Gasteiger partial charge < -0.3 is 10.2 Å². The number of thioether (sulfide) groups is 1. The SMILES string of the molecule is CNCc1ccc(N2CCSC(C)(C)C2)c(Br)c1.